The Labute approximate surface area is 174 Å². The third-order valence-corrected chi connectivity index (χ3v) is 6.08. The van der Waals surface area contributed by atoms with Crippen molar-refractivity contribution < 1.29 is 18.4 Å². The third-order valence-electron chi connectivity index (χ3n) is 4.89. The van der Waals surface area contributed by atoms with Crippen LogP contribution in [0.15, 0.2) is 34.9 Å². The van der Waals surface area contributed by atoms with Crippen LogP contribution in [-0.2, 0) is 0 Å². The number of aryl methyl sites for hydroxylation is 1. The van der Waals surface area contributed by atoms with Crippen molar-refractivity contribution in [2.75, 3.05) is 29.5 Å². The Morgan fingerprint density at radius 1 is 1.28 bits per heavy atom. The number of benzene rings is 1. The normalized spacial score (nSPS) is 16.9. The van der Waals surface area contributed by atoms with Gasteiger partial charge in [0.25, 0.3) is 5.91 Å². The van der Waals surface area contributed by atoms with E-state index in [1.54, 1.807) is 6.92 Å². The Morgan fingerprint density at radius 3 is 2.83 bits per heavy atom. The number of carbonyl (C=O) groups is 2. The molecule has 0 saturated carbocycles. The number of rotatable bonds is 5. The van der Waals surface area contributed by atoms with E-state index in [9.17, 15) is 14.0 Å². The molecule has 2 N–H and O–H groups in total. The SMILES string of the molecule is CCSC1CCCCN(C(=O)Nc2ccc(F)c(NC(=O)c3ccoc3C)c2)C1. The number of nitrogens with zero attached hydrogens (tertiary/aromatic N) is 1. The maximum atomic E-state index is 14.2. The van der Waals surface area contributed by atoms with E-state index in [2.05, 4.69) is 17.6 Å². The lowest BCUT2D eigenvalue weighted by Gasteiger charge is -2.24. The molecule has 0 spiro atoms. The van der Waals surface area contributed by atoms with Crippen LogP contribution in [0.2, 0.25) is 0 Å². The Bertz CT molecular complexity index is 871. The molecular weight excluding hydrogens is 393 g/mol. The zero-order chi connectivity index (χ0) is 20.8. The molecule has 0 bridgehead atoms. The van der Waals surface area contributed by atoms with E-state index >= 15 is 0 Å². The molecule has 0 aliphatic carbocycles. The van der Waals surface area contributed by atoms with Crippen molar-refractivity contribution in [3.63, 3.8) is 0 Å². The van der Waals surface area contributed by atoms with Gasteiger partial charge in [0.2, 0.25) is 0 Å². The van der Waals surface area contributed by atoms with Crippen LogP contribution in [0.25, 0.3) is 0 Å². The number of anilines is 2. The van der Waals surface area contributed by atoms with Crippen molar-refractivity contribution in [3.05, 3.63) is 47.7 Å². The minimum Gasteiger partial charge on any atom is -0.469 e. The maximum Gasteiger partial charge on any atom is 0.321 e. The number of amides is 3. The molecule has 0 radical (unpaired) electrons. The van der Waals surface area contributed by atoms with Crippen LogP contribution in [0.1, 0.15) is 42.3 Å². The summed E-state index contributed by atoms with van der Waals surface area (Å²) in [5.41, 5.74) is 0.770. The standard InChI is InChI=1S/C21H26FN3O3S/c1-3-29-16-6-4-5-10-25(13-16)21(27)23-15-7-8-18(22)19(12-15)24-20(26)17-9-11-28-14(17)2/h7-9,11-12,16H,3-6,10,13H2,1-2H3,(H,23,27)(H,24,26). The highest BCUT2D eigenvalue weighted by molar-refractivity contribution is 7.99. The van der Waals surface area contributed by atoms with Crippen LogP contribution in [0.4, 0.5) is 20.6 Å². The second-order valence-electron chi connectivity index (χ2n) is 6.99. The van der Waals surface area contributed by atoms with Crippen molar-refractivity contribution in [2.24, 2.45) is 0 Å². The summed E-state index contributed by atoms with van der Waals surface area (Å²) in [6.45, 7) is 5.19. The van der Waals surface area contributed by atoms with Gasteiger partial charge in [0.15, 0.2) is 0 Å². The number of thioether (sulfide) groups is 1. The van der Waals surface area contributed by atoms with Gasteiger partial charge >= 0.3 is 6.03 Å². The predicted molar refractivity (Wildman–Crippen MR) is 114 cm³/mol. The number of furan rings is 1. The molecule has 8 heteroatoms. The van der Waals surface area contributed by atoms with Gasteiger partial charge in [0, 0.05) is 24.0 Å². The van der Waals surface area contributed by atoms with Crippen molar-refractivity contribution in [1.29, 1.82) is 0 Å². The van der Waals surface area contributed by atoms with Crippen LogP contribution in [0, 0.1) is 12.7 Å². The Balaban J connectivity index is 1.68. The van der Waals surface area contributed by atoms with E-state index < -0.39 is 11.7 Å². The minimum absolute atomic E-state index is 0.00341. The molecule has 1 aromatic carbocycles. The average Bonchev–Trinajstić information content (AvgIpc) is 2.98. The molecule has 1 aromatic heterocycles. The van der Waals surface area contributed by atoms with Crippen LogP contribution in [-0.4, -0.2) is 40.9 Å². The van der Waals surface area contributed by atoms with E-state index in [0.29, 0.717) is 35.4 Å². The first-order chi connectivity index (χ1) is 14.0. The summed E-state index contributed by atoms with van der Waals surface area (Å²) < 4.78 is 19.3. The molecule has 1 unspecified atom stereocenters. The molecule has 1 atom stereocenters. The van der Waals surface area contributed by atoms with Crippen LogP contribution < -0.4 is 10.6 Å². The van der Waals surface area contributed by atoms with Crippen molar-refractivity contribution >= 4 is 35.1 Å². The summed E-state index contributed by atoms with van der Waals surface area (Å²) in [5.74, 6) is 0.433. The van der Waals surface area contributed by atoms with E-state index in [1.807, 2.05) is 16.7 Å². The van der Waals surface area contributed by atoms with Crippen LogP contribution >= 0.6 is 11.8 Å². The van der Waals surface area contributed by atoms with E-state index in [4.69, 9.17) is 4.42 Å². The molecule has 3 rings (SSSR count). The minimum atomic E-state index is -0.577. The maximum absolute atomic E-state index is 14.2. The van der Waals surface area contributed by atoms with Gasteiger partial charge in [0.1, 0.15) is 11.6 Å². The van der Waals surface area contributed by atoms with Gasteiger partial charge in [-0.05, 0) is 49.8 Å². The summed E-state index contributed by atoms with van der Waals surface area (Å²) in [6.07, 6.45) is 4.61. The molecule has 1 aliphatic heterocycles. The first kappa shape index (κ1) is 21.2. The Kier molecular flexibility index (Phi) is 7.19. The van der Waals surface area contributed by atoms with E-state index in [1.165, 1.54) is 30.5 Å². The summed E-state index contributed by atoms with van der Waals surface area (Å²) in [5, 5.41) is 5.81. The molecule has 6 nitrogen and oxygen atoms in total. The molecule has 2 aromatic rings. The molecular formula is C21H26FN3O3S. The molecule has 1 fully saturated rings. The number of nitrogens with one attached hydrogen (secondary N) is 2. The fourth-order valence-corrected chi connectivity index (χ4v) is 4.46. The summed E-state index contributed by atoms with van der Waals surface area (Å²) in [4.78, 5) is 26.9. The van der Waals surface area contributed by atoms with Gasteiger partial charge in [-0.25, -0.2) is 9.18 Å². The van der Waals surface area contributed by atoms with E-state index in [-0.39, 0.29) is 11.7 Å². The molecule has 2 heterocycles. The van der Waals surface area contributed by atoms with Crippen molar-refractivity contribution in [1.82, 2.24) is 4.90 Å². The van der Waals surface area contributed by atoms with Crippen LogP contribution in [0.3, 0.4) is 0 Å². The highest BCUT2D eigenvalue weighted by Crippen LogP contribution is 2.24. The van der Waals surface area contributed by atoms with Crippen molar-refractivity contribution in [3.8, 4) is 0 Å². The number of urea groups is 1. The second kappa shape index (κ2) is 9.82. The zero-order valence-corrected chi connectivity index (χ0v) is 17.5. The monoisotopic (exact) mass is 419 g/mol. The number of hydrogen-bond donors (Lipinski definition) is 2. The zero-order valence-electron chi connectivity index (χ0n) is 16.7. The highest BCUT2D eigenvalue weighted by atomic mass is 32.2. The lowest BCUT2D eigenvalue weighted by Crippen LogP contribution is -2.38. The fourth-order valence-electron chi connectivity index (χ4n) is 3.37. The summed E-state index contributed by atoms with van der Waals surface area (Å²) in [6, 6.07) is 5.46. The highest BCUT2D eigenvalue weighted by Gasteiger charge is 2.22. The van der Waals surface area contributed by atoms with Gasteiger partial charge in [-0.3, -0.25) is 4.79 Å². The van der Waals surface area contributed by atoms with E-state index in [0.717, 1.165) is 25.0 Å². The molecule has 1 saturated heterocycles. The summed E-state index contributed by atoms with van der Waals surface area (Å²) in [7, 11) is 0. The van der Waals surface area contributed by atoms with Gasteiger partial charge in [-0.15, -0.1) is 0 Å². The average molecular weight is 420 g/mol. The lowest BCUT2D eigenvalue weighted by molar-refractivity contribution is 0.102. The lowest BCUT2D eigenvalue weighted by atomic mass is 10.2. The second-order valence-corrected chi connectivity index (χ2v) is 8.57. The summed E-state index contributed by atoms with van der Waals surface area (Å²) >= 11 is 1.88. The van der Waals surface area contributed by atoms with Crippen LogP contribution in [0.5, 0.6) is 0 Å². The topological polar surface area (TPSA) is 74.6 Å². The Hall–Kier alpha value is -2.48. The molecule has 29 heavy (non-hydrogen) atoms. The first-order valence-corrected chi connectivity index (χ1v) is 10.8. The van der Waals surface area contributed by atoms with Gasteiger partial charge < -0.3 is 20.0 Å². The molecule has 156 valence electrons. The van der Waals surface area contributed by atoms with Crippen molar-refractivity contribution in [2.45, 2.75) is 38.4 Å². The fraction of sp³-hybridized carbons (Fsp3) is 0.429. The number of halogens is 1. The smallest absolute Gasteiger partial charge is 0.321 e. The quantitative estimate of drug-likeness (QED) is 0.705. The molecule has 1 aliphatic rings. The number of hydrogen-bond acceptors (Lipinski definition) is 4. The predicted octanol–water partition coefficient (Wildman–Crippen LogP) is 5.12. The molecule has 3 amide bonds. The van der Waals surface area contributed by atoms with Gasteiger partial charge in [0.05, 0.1) is 17.5 Å². The third kappa shape index (κ3) is 5.53. The number of likely N-dealkylation sites (tertiary alicyclic amines) is 1. The Morgan fingerprint density at radius 2 is 2.10 bits per heavy atom. The van der Waals surface area contributed by atoms with Gasteiger partial charge in [-0.2, -0.15) is 11.8 Å². The largest absolute Gasteiger partial charge is 0.469 e. The van der Waals surface area contributed by atoms with Gasteiger partial charge in [-0.1, -0.05) is 13.3 Å². The first-order valence-electron chi connectivity index (χ1n) is 9.80. The number of carbonyl (C=O) groups excluding carboxylic acids is 2.